The largest absolute Gasteiger partial charge is 0.388 e. The molecule has 2 heteroatoms. The molecule has 0 aliphatic carbocycles. The van der Waals surface area contributed by atoms with Crippen LogP contribution >= 0.6 is 0 Å². The van der Waals surface area contributed by atoms with Crippen molar-refractivity contribution in [2.75, 3.05) is 6.54 Å². The molecule has 0 aliphatic heterocycles. The second kappa shape index (κ2) is 10.8. The highest BCUT2D eigenvalue weighted by Gasteiger charge is 2.11. The van der Waals surface area contributed by atoms with E-state index in [1.165, 1.54) is 22.3 Å². The Morgan fingerprint density at radius 3 is 2.15 bits per heavy atom. The SMILES string of the molecule is C=C(NCCc1c(-c2ccccc2)ncc(C)c1C)C(C)C.CC(C)C. The van der Waals surface area contributed by atoms with Crippen molar-refractivity contribution in [3.63, 3.8) is 0 Å². The Balaban J connectivity index is 0.000000765. The van der Waals surface area contributed by atoms with Gasteiger partial charge in [-0.25, -0.2) is 0 Å². The third-order valence-electron chi connectivity index (χ3n) is 4.19. The number of pyridine rings is 1. The molecular weight excluding hydrogens is 316 g/mol. The maximum atomic E-state index is 4.69. The highest BCUT2D eigenvalue weighted by molar-refractivity contribution is 5.65. The first kappa shape index (κ1) is 22.0. The lowest BCUT2D eigenvalue weighted by Gasteiger charge is -2.17. The second-order valence-corrected chi connectivity index (χ2v) is 7.85. The molecule has 0 unspecified atom stereocenters. The number of aromatic nitrogens is 1. The summed E-state index contributed by atoms with van der Waals surface area (Å²) in [5.41, 5.74) is 7.29. The van der Waals surface area contributed by atoms with Crippen molar-refractivity contribution in [3.05, 3.63) is 65.5 Å². The Hall–Kier alpha value is -2.09. The van der Waals surface area contributed by atoms with E-state index in [0.717, 1.165) is 30.3 Å². The summed E-state index contributed by atoms with van der Waals surface area (Å²) in [7, 11) is 0. The monoisotopic (exact) mass is 352 g/mol. The predicted octanol–water partition coefficient (Wildman–Crippen LogP) is 6.33. The molecule has 0 atom stereocenters. The number of benzene rings is 1. The van der Waals surface area contributed by atoms with Gasteiger partial charge in [0.2, 0.25) is 0 Å². The topological polar surface area (TPSA) is 24.9 Å². The van der Waals surface area contributed by atoms with Crippen molar-refractivity contribution in [3.8, 4) is 11.3 Å². The van der Waals surface area contributed by atoms with Crippen LogP contribution < -0.4 is 5.32 Å². The molecule has 0 fully saturated rings. The molecule has 1 aromatic carbocycles. The molecule has 0 saturated carbocycles. The molecule has 0 radical (unpaired) electrons. The number of rotatable bonds is 6. The van der Waals surface area contributed by atoms with Gasteiger partial charge < -0.3 is 5.32 Å². The smallest absolute Gasteiger partial charge is 0.0737 e. The van der Waals surface area contributed by atoms with Gasteiger partial charge in [0.05, 0.1) is 5.69 Å². The minimum atomic E-state index is 0.463. The molecule has 2 nitrogen and oxygen atoms in total. The number of nitrogens with zero attached hydrogens (tertiary/aromatic N) is 1. The van der Waals surface area contributed by atoms with E-state index in [4.69, 9.17) is 4.98 Å². The van der Waals surface area contributed by atoms with Crippen molar-refractivity contribution in [2.45, 2.75) is 54.9 Å². The zero-order valence-corrected chi connectivity index (χ0v) is 17.7. The first-order valence-electron chi connectivity index (χ1n) is 9.67. The Labute approximate surface area is 160 Å². The van der Waals surface area contributed by atoms with Gasteiger partial charge >= 0.3 is 0 Å². The molecule has 0 aliphatic rings. The fourth-order valence-corrected chi connectivity index (χ4v) is 2.45. The molecule has 142 valence electrons. The highest BCUT2D eigenvalue weighted by Crippen LogP contribution is 2.26. The quantitative estimate of drug-likeness (QED) is 0.657. The van der Waals surface area contributed by atoms with E-state index in [0.29, 0.717) is 5.92 Å². The molecule has 0 amide bonds. The van der Waals surface area contributed by atoms with Crippen molar-refractivity contribution in [2.24, 2.45) is 11.8 Å². The van der Waals surface area contributed by atoms with Crippen LogP contribution in [0.25, 0.3) is 11.3 Å². The maximum absolute atomic E-state index is 4.69. The van der Waals surface area contributed by atoms with Gasteiger partial charge in [0.25, 0.3) is 0 Å². The third-order valence-corrected chi connectivity index (χ3v) is 4.19. The van der Waals surface area contributed by atoms with Crippen LogP contribution in [-0.2, 0) is 6.42 Å². The van der Waals surface area contributed by atoms with Gasteiger partial charge in [-0.15, -0.1) is 0 Å². The predicted molar refractivity (Wildman–Crippen MR) is 115 cm³/mol. The molecule has 0 spiro atoms. The summed E-state index contributed by atoms with van der Waals surface area (Å²) in [6, 6.07) is 10.4. The fraction of sp³-hybridized carbons (Fsp3) is 0.458. The average Bonchev–Trinajstić information content (AvgIpc) is 2.58. The van der Waals surface area contributed by atoms with Gasteiger partial charge in [0, 0.05) is 24.0 Å². The normalized spacial score (nSPS) is 10.5. The summed E-state index contributed by atoms with van der Waals surface area (Å²) in [4.78, 5) is 4.69. The zero-order chi connectivity index (χ0) is 19.7. The zero-order valence-electron chi connectivity index (χ0n) is 17.7. The molecular formula is C24H36N2. The van der Waals surface area contributed by atoms with E-state index in [1.807, 2.05) is 12.3 Å². The van der Waals surface area contributed by atoms with Crippen LogP contribution in [0.3, 0.4) is 0 Å². The number of aryl methyl sites for hydroxylation is 1. The van der Waals surface area contributed by atoms with E-state index in [1.54, 1.807) is 0 Å². The van der Waals surface area contributed by atoms with Crippen molar-refractivity contribution in [1.82, 2.24) is 10.3 Å². The molecule has 0 saturated heterocycles. The van der Waals surface area contributed by atoms with Crippen molar-refractivity contribution < 1.29 is 0 Å². The first-order valence-corrected chi connectivity index (χ1v) is 9.67. The second-order valence-electron chi connectivity index (χ2n) is 7.85. The fourth-order valence-electron chi connectivity index (χ4n) is 2.45. The Morgan fingerprint density at radius 2 is 1.62 bits per heavy atom. The lowest BCUT2D eigenvalue weighted by atomic mass is 9.96. The van der Waals surface area contributed by atoms with E-state index < -0.39 is 0 Å². The van der Waals surface area contributed by atoms with Gasteiger partial charge in [-0.05, 0) is 48.8 Å². The Morgan fingerprint density at radius 1 is 1.04 bits per heavy atom. The van der Waals surface area contributed by atoms with Crippen LogP contribution in [0.2, 0.25) is 0 Å². The number of nitrogens with one attached hydrogen (secondary N) is 1. The van der Waals surface area contributed by atoms with Gasteiger partial charge in [-0.3, -0.25) is 4.98 Å². The minimum absolute atomic E-state index is 0.463. The molecule has 26 heavy (non-hydrogen) atoms. The summed E-state index contributed by atoms with van der Waals surface area (Å²) in [6.45, 7) is 20.1. The van der Waals surface area contributed by atoms with Crippen LogP contribution in [0, 0.1) is 25.7 Å². The van der Waals surface area contributed by atoms with Gasteiger partial charge in [0.1, 0.15) is 0 Å². The van der Waals surface area contributed by atoms with Crippen molar-refractivity contribution >= 4 is 0 Å². The van der Waals surface area contributed by atoms with Crippen LogP contribution in [0.5, 0.6) is 0 Å². The average molecular weight is 353 g/mol. The Bertz CT molecular complexity index is 682. The lowest BCUT2D eigenvalue weighted by molar-refractivity contribution is 0.653. The Kier molecular flexibility index (Phi) is 9.12. The molecule has 2 aromatic rings. The van der Waals surface area contributed by atoms with E-state index in [2.05, 4.69) is 84.6 Å². The van der Waals surface area contributed by atoms with E-state index in [9.17, 15) is 0 Å². The maximum Gasteiger partial charge on any atom is 0.0737 e. The summed E-state index contributed by atoms with van der Waals surface area (Å²) >= 11 is 0. The molecule has 2 rings (SSSR count). The van der Waals surface area contributed by atoms with Crippen LogP contribution in [-0.4, -0.2) is 11.5 Å². The molecule has 1 N–H and O–H groups in total. The number of allylic oxidation sites excluding steroid dienone is 1. The van der Waals surface area contributed by atoms with Crippen molar-refractivity contribution in [1.29, 1.82) is 0 Å². The third kappa shape index (κ3) is 7.03. The van der Waals surface area contributed by atoms with Crippen LogP contribution in [0.4, 0.5) is 0 Å². The summed E-state index contributed by atoms with van der Waals surface area (Å²) < 4.78 is 0. The standard InChI is InChI=1S/C20H26N2.C4H10/c1-14(2)17(5)21-12-11-19-16(4)15(3)13-22-20(19)18-9-7-6-8-10-18;1-4(2)3/h6-10,13-14,21H,5,11-12H2,1-4H3;4H,1-3H3. The minimum Gasteiger partial charge on any atom is -0.388 e. The van der Waals surface area contributed by atoms with Crippen LogP contribution in [0.1, 0.15) is 51.3 Å². The number of hydrogen-bond donors (Lipinski definition) is 1. The molecule has 0 bridgehead atoms. The summed E-state index contributed by atoms with van der Waals surface area (Å²) in [5.74, 6) is 1.30. The highest BCUT2D eigenvalue weighted by atomic mass is 14.9. The summed E-state index contributed by atoms with van der Waals surface area (Å²) in [5, 5.41) is 3.43. The van der Waals surface area contributed by atoms with E-state index in [-0.39, 0.29) is 0 Å². The number of hydrogen-bond acceptors (Lipinski definition) is 2. The van der Waals surface area contributed by atoms with Gasteiger partial charge in [-0.1, -0.05) is 71.5 Å². The van der Waals surface area contributed by atoms with Gasteiger partial charge in [-0.2, -0.15) is 0 Å². The van der Waals surface area contributed by atoms with Crippen LogP contribution in [0.15, 0.2) is 48.8 Å². The van der Waals surface area contributed by atoms with E-state index >= 15 is 0 Å². The molecule has 1 aromatic heterocycles. The lowest BCUT2D eigenvalue weighted by Crippen LogP contribution is -2.20. The molecule has 1 heterocycles. The van der Waals surface area contributed by atoms with Gasteiger partial charge in [0.15, 0.2) is 0 Å². The summed E-state index contributed by atoms with van der Waals surface area (Å²) in [6.07, 6.45) is 2.93. The first-order chi connectivity index (χ1) is 12.2.